The van der Waals surface area contributed by atoms with E-state index in [9.17, 15) is 24.0 Å². The van der Waals surface area contributed by atoms with E-state index >= 15 is 0 Å². The molecule has 0 aliphatic heterocycles. The first-order chi connectivity index (χ1) is 15.8. The lowest BCUT2D eigenvalue weighted by Gasteiger charge is -2.00. The molecule has 0 saturated heterocycles. The van der Waals surface area contributed by atoms with Crippen molar-refractivity contribution in [3.05, 3.63) is 11.8 Å². The smallest absolute Gasteiger partial charge is 0.238 e. The van der Waals surface area contributed by atoms with Crippen molar-refractivity contribution >= 4 is 37.7 Å². The van der Waals surface area contributed by atoms with E-state index in [2.05, 4.69) is 38.6 Å². The largest absolute Gasteiger partial charge is 0.426 e. The number of aryl methyl sites for hydroxylation is 2. The van der Waals surface area contributed by atoms with Crippen molar-refractivity contribution in [3.8, 4) is 0 Å². The quantitative estimate of drug-likeness (QED) is 0.128. The topological polar surface area (TPSA) is 270 Å². The summed E-state index contributed by atoms with van der Waals surface area (Å²) in [6.45, 7) is 15.0. The van der Waals surface area contributed by atoms with Crippen LogP contribution in [0.15, 0.2) is 4.42 Å². The maximum atomic E-state index is 10.4. The van der Waals surface area contributed by atoms with Gasteiger partial charge < -0.3 is 19.5 Å². The van der Waals surface area contributed by atoms with Gasteiger partial charge in [-0.15, -0.1) is 10.2 Å². The highest BCUT2D eigenvalue weighted by molar-refractivity contribution is 5.80. The minimum atomic E-state index is -0.267. The second kappa shape index (κ2) is 42.9. The van der Waals surface area contributed by atoms with E-state index in [0.717, 1.165) is 6.42 Å². The third-order valence-electron chi connectivity index (χ3n) is 2.55. The lowest BCUT2D eigenvalue weighted by Crippen LogP contribution is -2.39. The Hall–Kier alpha value is -3.21. The van der Waals surface area contributed by atoms with Crippen LogP contribution in [0.5, 0.6) is 0 Å². The van der Waals surface area contributed by atoms with E-state index in [1.807, 2.05) is 19.3 Å². The summed E-state index contributed by atoms with van der Waals surface area (Å²) in [4.78, 5) is 49.7. The van der Waals surface area contributed by atoms with Crippen LogP contribution in [-0.4, -0.2) is 53.4 Å². The molecule has 0 atom stereocenters. The van der Waals surface area contributed by atoms with Crippen LogP contribution in [0.3, 0.4) is 0 Å². The molecule has 0 aliphatic carbocycles. The van der Waals surface area contributed by atoms with Crippen molar-refractivity contribution < 1.29 is 35.3 Å². The number of nitrogens with two attached hydrogens (primary N) is 3. The molecular formula is C21H52BN8O7. The summed E-state index contributed by atoms with van der Waals surface area (Å²) in [5.74, 6) is 13.9. The third-order valence-corrected chi connectivity index (χ3v) is 2.55. The number of nitrogens with one attached hydrogen (secondary N) is 3. The summed E-state index contributed by atoms with van der Waals surface area (Å²) in [5, 5.41) is 7.39. The lowest BCUT2D eigenvalue weighted by molar-refractivity contribution is -0.127. The summed E-state index contributed by atoms with van der Waals surface area (Å²) in [6, 6.07) is 0. The Kier molecular flexibility index (Phi) is 63.4. The van der Waals surface area contributed by atoms with E-state index < -0.39 is 0 Å². The van der Waals surface area contributed by atoms with Crippen LogP contribution in [-0.2, 0) is 30.4 Å². The van der Waals surface area contributed by atoms with E-state index in [0.29, 0.717) is 31.0 Å². The van der Waals surface area contributed by atoms with Gasteiger partial charge in [-0.05, 0) is 20.8 Å². The Labute approximate surface area is 224 Å². The Morgan fingerprint density at radius 2 is 1.22 bits per heavy atom. The highest BCUT2D eigenvalue weighted by atomic mass is 16.4. The Morgan fingerprint density at radius 1 is 0.838 bits per heavy atom. The number of carbonyl (C=O) groups excluding carboxylic acids is 5. The molecule has 3 amide bonds. The number of Topliss-reactive ketones (excluding diaryl/α,β-unsaturated/α-hetero) is 2. The highest BCUT2D eigenvalue weighted by Gasteiger charge is 1.95. The fourth-order valence-electron chi connectivity index (χ4n) is 0.829. The average Bonchev–Trinajstić information content (AvgIpc) is 3.24. The number of rotatable bonds is 4. The molecule has 1 aromatic rings. The first-order valence-electron chi connectivity index (χ1n) is 10.4. The molecule has 15 nitrogen and oxygen atoms in total. The van der Waals surface area contributed by atoms with E-state index in [4.69, 9.17) is 4.42 Å². The zero-order valence-electron chi connectivity index (χ0n) is 23.0. The summed E-state index contributed by atoms with van der Waals surface area (Å²) < 4.78 is 5.01. The van der Waals surface area contributed by atoms with Crippen molar-refractivity contribution in [1.82, 2.24) is 26.5 Å². The summed E-state index contributed by atoms with van der Waals surface area (Å²) in [5.41, 5.74) is 6.33. The van der Waals surface area contributed by atoms with Crippen LogP contribution in [0.2, 0.25) is 0 Å². The number of ketones is 2. The SMILES string of the molecule is C.CC(C)=O.CCC(=O)NN.CCC(=O)NNC(C)=O.CCC(C)=O.CCc1nnc(C)o1.NN.O.[2HH].[B]. The van der Waals surface area contributed by atoms with Gasteiger partial charge in [0.1, 0.15) is 11.6 Å². The fourth-order valence-corrected chi connectivity index (χ4v) is 0.829. The molecule has 0 aromatic carbocycles. The highest BCUT2D eigenvalue weighted by Crippen LogP contribution is 1.96. The van der Waals surface area contributed by atoms with Gasteiger partial charge in [-0.1, -0.05) is 35.1 Å². The van der Waals surface area contributed by atoms with Gasteiger partial charge in [0, 0.05) is 49.4 Å². The molecule has 0 fully saturated rings. The predicted molar refractivity (Wildman–Crippen MR) is 147 cm³/mol. The molecule has 3 radical (unpaired) electrons. The molecule has 0 bridgehead atoms. The maximum absolute atomic E-state index is 10.4. The minimum Gasteiger partial charge on any atom is -0.426 e. The zero-order chi connectivity index (χ0) is 28.1. The molecule has 1 heterocycles. The summed E-state index contributed by atoms with van der Waals surface area (Å²) in [6.07, 6.45) is 2.32. The maximum Gasteiger partial charge on any atom is 0.238 e. The molecule has 0 aliphatic rings. The van der Waals surface area contributed by atoms with Crippen LogP contribution in [0.4, 0.5) is 0 Å². The van der Waals surface area contributed by atoms with E-state index in [1.54, 1.807) is 27.7 Å². The van der Waals surface area contributed by atoms with Gasteiger partial charge in [0.05, 0.1) is 0 Å². The predicted octanol–water partition coefficient (Wildman–Crippen LogP) is -0.0335. The monoisotopic (exact) mass is 540 g/mol. The molecule has 1 rings (SSSR count). The standard InChI is InChI=1S/C5H10N2O2.C5H8N2O.C4H8O.C3H8N2O.C3H6O.CH4.B.H4N2.H2O.H2/c1-3-5(9)7-6-4(2)8;1-3-5-7-6-4(2)8-5;1-3-4(2)5;1-2-3(6)5-4;1-3(2)4;;;1-2;;/h3H2,1-2H3,(H,6,8)(H,7,9);3H2,1-2H3;3H2,1-2H3;2,4H2,1H3,(H,5,6);1-2H3;1H4;;1-2H2;1H2;1H/i;;;;;;;;;1+1. The number of hydrogen-bond acceptors (Lipinski definition) is 11. The number of aromatic nitrogens is 2. The first-order valence-corrected chi connectivity index (χ1v) is 10.4. The minimum absolute atomic E-state index is 0. The van der Waals surface area contributed by atoms with Crippen molar-refractivity contribution in [1.29, 1.82) is 0 Å². The summed E-state index contributed by atoms with van der Waals surface area (Å²) >= 11 is 0. The summed E-state index contributed by atoms with van der Waals surface area (Å²) in [7, 11) is 0. The third kappa shape index (κ3) is 71.9. The lowest BCUT2D eigenvalue weighted by atomic mass is 10.4. The first kappa shape index (κ1) is 54.6. The van der Waals surface area contributed by atoms with E-state index in [1.165, 1.54) is 20.8 Å². The molecule has 37 heavy (non-hydrogen) atoms. The molecule has 16 heteroatoms. The number of amides is 3. The Morgan fingerprint density at radius 3 is 1.35 bits per heavy atom. The average molecular weight is 541 g/mol. The number of hydrogen-bond donors (Lipinski definition) is 6. The fraction of sp³-hybridized carbons (Fsp3) is 0.667. The van der Waals surface area contributed by atoms with Crippen molar-refractivity contribution in [2.24, 2.45) is 17.5 Å². The van der Waals surface area contributed by atoms with Gasteiger partial charge in [-0.25, -0.2) is 5.84 Å². The van der Waals surface area contributed by atoms with Gasteiger partial charge in [0.15, 0.2) is 0 Å². The molecule has 221 valence electrons. The number of nitrogens with zero attached hydrogens (tertiary/aromatic N) is 2. The molecular weight excluding hydrogens is 487 g/mol. The van der Waals surface area contributed by atoms with Crippen molar-refractivity contribution in [3.63, 3.8) is 0 Å². The van der Waals surface area contributed by atoms with Crippen molar-refractivity contribution in [2.45, 2.75) is 95.4 Å². The number of carbonyl (C=O) groups is 5. The normalized spacial score (nSPS) is 7.24. The van der Waals surface area contributed by atoms with Crippen LogP contribution >= 0.6 is 0 Å². The zero-order valence-corrected chi connectivity index (χ0v) is 23.0. The Balaban J connectivity index is -0.0000000388. The Bertz CT molecular complexity index is 672. The molecule has 11 N–H and O–H groups in total. The van der Waals surface area contributed by atoms with Gasteiger partial charge in [0.25, 0.3) is 0 Å². The van der Waals surface area contributed by atoms with Crippen LogP contribution in [0.1, 0.15) is 95.3 Å². The van der Waals surface area contributed by atoms with Crippen LogP contribution < -0.4 is 33.8 Å². The second-order valence-electron chi connectivity index (χ2n) is 6.04. The molecule has 1 aromatic heterocycles. The van der Waals surface area contributed by atoms with Gasteiger partial charge in [-0.3, -0.25) is 42.3 Å². The molecule has 0 unspecified atom stereocenters. The van der Waals surface area contributed by atoms with Crippen molar-refractivity contribution in [2.75, 3.05) is 0 Å². The second-order valence-corrected chi connectivity index (χ2v) is 6.04. The molecule has 0 saturated carbocycles. The van der Waals surface area contributed by atoms with Gasteiger partial charge >= 0.3 is 0 Å². The molecule has 0 spiro atoms. The van der Waals surface area contributed by atoms with E-state index in [-0.39, 0.29) is 52.0 Å². The van der Waals surface area contributed by atoms with Crippen LogP contribution in [0, 0.1) is 6.92 Å². The number of hydrazine groups is 3. The van der Waals surface area contributed by atoms with Gasteiger partial charge in [0.2, 0.25) is 29.5 Å². The van der Waals surface area contributed by atoms with Crippen LogP contribution in [0.25, 0.3) is 0 Å². The van der Waals surface area contributed by atoms with Gasteiger partial charge in [-0.2, -0.15) is 0 Å².